The van der Waals surface area contributed by atoms with Gasteiger partial charge in [-0.2, -0.15) is 0 Å². The van der Waals surface area contributed by atoms with E-state index in [1.54, 1.807) is 0 Å². The van der Waals surface area contributed by atoms with Gasteiger partial charge in [-0.1, -0.05) is 0 Å². The van der Waals surface area contributed by atoms with E-state index in [4.69, 9.17) is 0 Å². The Morgan fingerprint density at radius 1 is 1.00 bits per heavy atom. The largest absolute Gasteiger partial charge is 0.302 e. The van der Waals surface area contributed by atoms with Crippen LogP contribution in [-0.4, -0.2) is 42.9 Å². The Hall–Kier alpha value is -0.120. The molecule has 0 aromatic rings. The number of hydrogen-bond acceptors (Lipinski definition) is 3. The number of nitrogens with zero attached hydrogens (tertiary/aromatic N) is 2. The van der Waals surface area contributed by atoms with Crippen LogP contribution in [0.15, 0.2) is 0 Å². The highest BCUT2D eigenvalue weighted by Crippen LogP contribution is 2.09. The van der Waals surface area contributed by atoms with Crippen molar-refractivity contribution >= 4 is 0 Å². The Labute approximate surface area is 49.2 Å². The number of rotatable bonds is 1. The number of hydrazine groups is 1. The lowest BCUT2D eigenvalue weighted by atomic mass is 10.7. The number of hydrogen-bond donors (Lipinski definition) is 1. The molecule has 2 aliphatic rings. The predicted octanol–water partition coefficient (Wildman–Crippen LogP) is -0.920. The summed E-state index contributed by atoms with van der Waals surface area (Å²) in [6.07, 6.45) is 0. The van der Waals surface area contributed by atoms with Gasteiger partial charge >= 0.3 is 0 Å². The second-order valence-electron chi connectivity index (χ2n) is 2.34. The van der Waals surface area contributed by atoms with Gasteiger partial charge in [0.15, 0.2) is 0 Å². The molecule has 2 fully saturated rings. The molecular weight excluding hydrogens is 102 g/mol. The molecule has 0 bridgehead atoms. The zero-order chi connectivity index (χ0) is 5.40. The minimum atomic E-state index is 1.07. The van der Waals surface area contributed by atoms with Gasteiger partial charge in [0.05, 0.1) is 6.67 Å². The van der Waals surface area contributed by atoms with Crippen LogP contribution in [0.4, 0.5) is 0 Å². The van der Waals surface area contributed by atoms with E-state index in [0.717, 1.165) is 13.2 Å². The van der Waals surface area contributed by atoms with Crippen LogP contribution in [-0.2, 0) is 0 Å². The van der Waals surface area contributed by atoms with Gasteiger partial charge in [-0.3, -0.25) is 0 Å². The minimum Gasteiger partial charge on any atom is -0.302 e. The molecule has 8 heavy (non-hydrogen) atoms. The molecule has 0 aromatic carbocycles. The van der Waals surface area contributed by atoms with Gasteiger partial charge in [0.25, 0.3) is 0 Å². The molecule has 3 heteroatoms. The van der Waals surface area contributed by atoms with E-state index in [1.807, 2.05) is 0 Å². The third-order valence-corrected chi connectivity index (χ3v) is 1.66. The van der Waals surface area contributed by atoms with Crippen LogP contribution < -0.4 is 5.32 Å². The Kier molecular flexibility index (Phi) is 0.997. The molecule has 1 N–H and O–H groups in total. The Balaban J connectivity index is 1.86. The van der Waals surface area contributed by atoms with E-state index in [2.05, 4.69) is 15.3 Å². The summed E-state index contributed by atoms with van der Waals surface area (Å²) in [6.45, 7) is 6.00. The zero-order valence-corrected chi connectivity index (χ0v) is 4.93. The summed E-state index contributed by atoms with van der Waals surface area (Å²) in [7, 11) is 0. The topological polar surface area (TPSA) is 18.3 Å². The van der Waals surface area contributed by atoms with Crippen LogP contribution in [0.25, 0.3) is 0 Å². The van der Waals surface area contributed by atoms with Crippen molar-refractivity contribution in [3.63, 3.8) is 0 Å². The SMILES string of the molecule is C1CN(N2CC2)CN1. The summed E-state index contributed by atoms with van der Waals surface area (Å²) in [4.78, 5) is 0. The van der Waals surface area contributed by atoms with Crippen molar-refractivity contribution in [2.24, 2.45) is 0 Å². The predicted molar refractivity (Wildman–Crippen MR) is 31.1 cm³/mol. The van der Waals surface area contributed by atoms with Crippen LogP contribution in [0.2, 0.25) is 0 Å². The lowest BCUT2D eigenvalue weighted by Gasteiger charge is -2.12. The fourth-order valence-electron chi connectivity index (χ4n) is 1.06. The van der Waals surface area contributed by atoms with E-state index in [-0.39, 0.29) is 0 Å². The molecule has 46 valence electrons. The first-order chi connectivity index (χ1) is 3.97. The first-order valence-electron chi connectivity index (χ1n) is 3.17. The summed E-state index contributed by atoms with van der Waals surface area (Å²) < 4.78 is 0. The monoisotopic (exact) mass is 113 g/mol. The summed E-state index contributed by atoms with van der Waals surface area (Å²) >= 11 is 0. The molecule has 0 unspecified atom stereocenters. The highest BCUT2D eigenvalue weighted by atomic mass is 15.7. The van der Waals surface area contributed by atoms with Gasteiger partial charge in [-0.15, -0.1) is 0 Å². The molecule has 3 nitrogen and oxygen atoms in total. The van der Waals surface area contributed by atoms with Crippen molar-refractivity contribution in [1.82, 2.24) is 15.3 Å². The van der Waals surface area contributed by atoms with E-state index >= 15 is 0 Å². The number of nitrogens with one attached hydrogen (secondary N) is 1. The van der Waals surface area contributed by atoms with Crippen molar-refractivity contribution in [1.29, 1.82) is 0 Å². The van der Waals surface area contributed by atoms with Gasteiger partial charge in [0.1, 0.15) is 0 Å². The van der Waals surface area contributed by atoms with Crippen molar-refractivity contribution in [2.75, 3.05) is 32.8 Å². The average molecular weight is 113 g/mol. The van der Waals surface area contributed by atoms with Crippen LogP contribution >= 0.6 is 0 Å². The van der Waals surface area contributed by atoms with Crippen molar-refractivity contribution in [3.05, 3.63) is 0 Å². The standard InChI is InChI=1S/C5H11N3/c1-2-8(5-6-1)7-3-4-7/h6H,1-5H2. The maximum atomic E-state index is 3.28. The molecule has 0 radical (unpaired) electrons. The molecule has 0 aromatic heterocycles. The van der Waals surface area contributed by atoms with E-state index in [1.165, 1.54) is 19.6 Å². The molecule has 0 spiro atoms. The fourth-order valence-corrected chi connectivity index (χ4v) is 1.06. The first-order valence-corrected chi connectivity index (χ1v) is 3.17. The molecule has 2 heterocycles. The summed E-state index contributed by atoms with van der Waals surface area (Å²) in [5.41, 5.74) is 0. The lowest BCUT2D eigenvalue weighted by molar-refractivity contribution is 0.122. The van der Waals surface area contributed by atoms with Gasteiger partial charge in [-0.05, 0) is 0 Å². The van der Waals surface area contributed by atoms with E-state index in [0.29, 0.717) is 0 Å². The Morgan fingerprint density at radius 2 is 1.88 bits per heavy atom. The van der Waals surface area contributed by atoms with Crippen LogP contribution in [0.1, 0.15) is 0 Å². The molecule has 2 saturated heterocycles. The third kappa shape index (κ3) is 0.727. The molecule has 2 aliphatic heterocycles. The first kappa shape index (κ1) is 4.73. The second-order valence-corrected chi connectivity index (χ2v) is 2.34. The van der Waals surface area contributed by atoms with Gasteiger partial charge in [0.2, 0.25) is 0 Å². The average Bonchev–Trinajstić information content (AvgIpc) is 2.49. The highest BCUT2D eigenvalue weighted by molar-refractivity contribution is 4.74. The second kappa shape index (κ2) is 1.69. The van der Waals surface area contributed by atoms with Gasteiger partial charge < -0.3 is 5.32 Å². The zero-order valence-electron chi connectivity index (χ0n) is 4.93. The summed E-state index contributed by atoms with van der Waals surface area (Å²) in [5, 5.41) is 8.00. The fraction of sp³-hybridized carbons (Fsp3) is 1.00. The quantitative estimate of drug-likeness (QED) is 0.444. The third-order valence-electron chi connectivity index (χ3n) is 1.66. The van der Waals surface area contributed by atoms with Crippen molar-refractivity contribution in [3.8, 4) is 0 Å². The van der Waals surface area contributed by atoms with Gasteiger partial charge in [0, 0.05) is 26.2 Å². The molecule has 2 rings (SSSR count). The van der Waals surface area contributed by atoms with Crippen molar-refractivity contribution < 1.29 is 0 Å². The van der Waals surface area contributed by atoms with E-state index < -0.39 is 0 Å². The van der Waals surface area contributed by atoms with Gasteiger partial charge in [-0.25, -0.2) is 10.0 Å². The summed E-state index contributed by atoms with van der Waals surface area (Å²) in [5.74, 6) is 0. The maximum absolute atomic E-state index is 3.28. The Bertz CT molecular complexity index is 83.7. The summed E-state index contributed by atoms with van der Waals surface area (Å²) in [6, 6.07) is 0. The maximum Gasteiger partial charge on any atom is 0.0624 e. The lowest BCUT2D eigenvalue weighted by Crippen LogP contribution is -2.27. The smallest absolute Gasteiger partial charge is 0.0624 e. The Morgan fingerprint density at radius 3 is 2.38 bits per heavy atom. The molecule has 0 atom stereocenters. The minimum absolute atomic E-state index is 1.07. The molecular formula is C5H11N3. The highest BCUT2D eigenvalue weighted by Gasteiger charge is 2.26. The molecule has 0 amide bonds. The molecule has 0 aliphatic carbocycles. The molecule has 0 saturated carbocycles. The van der Waals surface area contributed by atoms with Crippen LogP contribution in [0.3, 0.4) is 0 Å². The van der Waals surface area contributed by atoms with E-state index in [9.17, 15) is 0 Å². The van der Waals surface area contributed by atoms with Crippen LogP contribution in [0.5, 0.6) is 0 Å². The van der Waals surface area contributed by atoms with Crippen molar-refractivity contribution in [2.45, 2.75) is 0 Å². The van der Waals surface area contributed by atoms with Crippen LogP contribution in [0, 0.1) is 0 Å². The normalized spacial score (nSPS) is 31.5.